The van der Waals surface area contributed by atoms with Gasteiger partial charge in [-0.2, -0.15) is 0 Å². The van der Waals surface area contributed by atoms with Crippen LogP contribution in [0.15, 0.2) is 138 Å². The SMILES string of the molecule is O=Cc1ccc(Oc2cc(CCc3cc(C[P+](c4ccccc4)(c4ccccc4)c4ccccc4)no3)cc3c2OCO3)cc1.[Br-]. The Morgan fingerprint density at radius 1 is 0.717 bits per heavy atom. The maximum absolute atomic E-state index is 11.0. The summed E-state index contributed by atoms with van der Waals surface area (Å²) in [7, 11) is -2.08. The number of carbonyl (C=O) groups is 1. The number of benzene rings is 5. The number of aryl methyl sites for hydroxylation is 2. The van der Waals surface area contributed by atoms with Gasteiger partial charge < -0.3 is 35.7 Å². The van der Waals surface area contributed by atoms with Gasteiger partial charge in [-0.15, -0.1) is 0 Å². The van der Waals surface area contributed by atoms with Crippen molar-refractivity contribution in [2.24, 2.45) is 0 Å². The molecular formula is C38H31BrNO5P. The van der Waals surface area contributed by atoms with Crippen molar-refractivity contribution in [1.29, 1.82) is 0 Å². The Balaban J connectivity index is 0.00000372. The molecule has 46 heavy (non-hydrogen) atoms. The molecule has 7 rings (SSSR count). The van der Waals surface area contributed by atoms with E-state index >= 15 is 0 Å². The van der Waals surface area contributed by atoms with Gasteiger partial charge in [-0.25, -0.2) is 0 Å². The highest BCUT2D eigenvalue weighted by molar-refractivity contribution is 7.95. The molecule has 6 aromatic rings. The smallest absolute Gasteiger partial charge is 0.231 e. The fraction of sp³-hybridized carbons (Fsp3) is 0.105. The first-order valence-electron chi connectivity index (χ1n) is 14.9. The van der Waals surface area contributed by atoms with E-state index in [4.69, 9.17) is 18.7 Å². The average Bonchev–Trinajstić information content (AvgIpc) is 3.77. The molecule has 8 heteroatoms. The van der Waals surface area contributed by atoms with Crippen LogP contribution in [0.3, 0.4) is 0 Å². The largest absolute Gasteiger partial charge is 1.00 e. The maximum atomic E-state index is 11.0. The molecule has 5 aromatic carbocycles. The summed E-state index contributed by atoms with van der Waals surface area (Å²) in [5.74, 6) is 3.22. The van der Waals surface area contributed by atoms with Crippen LogP contribution in [0, 0.1) is 0 Å². The van der Waals surface area contributed by atoms with Gasteiger partial charge in [0.05, 0.1) is 0 Å². The fourth-order valence-electron chi connectivity index (χ4n) is 5.82. The van der Waals surface area contributed by atoms with Crippen LogP contribution in [0.5, 0.6) is 23.0 Å². The highest BCUT2D eigenvalue weighted by Crippen LogP contribution is 2.58. The molecule has 1 aromatic heterocycles. The van der Waals surface area contributed by atoms with Crippen molar-refractivity contribution in [3.63, 3.8) is 0 Å². The lowest BCUT2D eigenvalue weighted by Gasteiger charge is -2.26. The number of hydrogen-bond donors (Lipinski definition) is 0. The van der Waals surface area contributed by atoms with Crippen molar-refractivity contribution in [2.45, 2.75) is 19.0 Å². The maximum Gasteiger partial charge on any atom is 0.231 e. The minimum atomic E-state index is -2.08. The van der Waals surface area contributed by atoms with E-state index in [0.29, 0.717) is 41.4 Å². The van der Waals surface area contributed by atoms with Crippen molar-refractivity contribution in [3.05, 3.63) is 156 Å². The van der Waals surface area contributed by atoms with Crippen molar-refractivity contribution in [1.82, 2.24) is 5.16 Å². The van der Waals surface area contributed by atoms with Gasteiger partial charge in [0, 0.05) is 18.1 Å². The Morgan fingerprint density at radius 2 is 1.33 bits per heavy atom. The predicted octanol–water partition coefficient (Wildman–Crippen LogP) is 4.29. The summed E-state index contributed by atoms with van der Waals surface area (Å²) in [4.78, 5) is 11.0. The standard InChI is InChI=1S/C38H31NO5P.BrH/c40-25-28-16-19-31(20-17-28)43-37-23-29(22-36-38(37)42-27-41-36)18-21-32-24-30(39-44-32)26-45(33-10-4-1-5-11-33,34-12-6-2-7-13-34)35-14-8-3-9-15-35;/h1-17,19-20,22-25H,18,21,26-27H2;1H/q+1;/p-1. The first kappa shape index (κ1) is 31.3. The molecule has 1 aliphatic rings. The molecule has 0 amide bonds. The average molecular weight is 693 g/mol. The number of hydrogen-bond acceptors (Lipinski definition) is 6. The van der Waals surface area contributed by atoms with E-state index in [-0.39, 0.29) is 23.8 Å². The van der Waals surface area contributed by atoms with E-state index in [0.717, 1.165) is 29.5 Å². The van der Waals surface area contributed by atoms with Crippen molar-refractivity contribution < 1.29 is 40.5 Å². The molecule has 0 saturated heterocycles. The van der Waals surface area contributed by atoms with Gasteiger partial charge in [-0.1, -0.05) is 59.8 Å². The van der Waals surface area contributed by atoms with Crippen LogP contribution in [0.4, 0.5) is 0 Å². The molecule has 2 heterocycles. The summed E-state index contributed by atoms with van der Waals surface area (Å²) < 4.78 is 23.5. The van der Waals surface area contributed by atoms with Crippen LogP contribution >= 0.6 is 7.26 Å². The molecule has 0 bridgehead atoms. The molecular weight excluding hydrogens is 661 g/mol. The number of ether oxygens (including phenoxy) is 3. The highest BCUT2D eigenvalue weighted by atomic mass is 79.9. The van der Waals surface area contributed by atoms with Crippen LogP contribution in [0.2, 0.25) is 0 Å². The number of nitrogens with zero attached hydrogens (tertiary/aromatic N) is 1. The summed E-state index contributed by atoms with van der Waals surface area (Å²) in [5.41, 5.74) is 2.54. The van der Waals surface area contributed by atoms with E-state index in [9.17, 15) is 4.79 Å². The van der Waals surface area contributed by atoms with Crippen LogP contribution in [-0.4, -0.2) is 18.2 Å². The lowest BCUT2D eigenvalue weighted by Crippen LogP contribution is -3.00. The second-order valence-corrected chi connectivity index (χ2v) is 14.4. The fourth-order valence-corrected chi connectivity index (χ4v) is 9.94. The van der Waals surface area contributed by atoms with Crippen LogP contribution in [0.25, 0.3) is 0 Å². The Morgan fingerprint density at radius 3 is 1.91 bits per heavy atom. The summed E-state index contributed by atoms with van der Waals surface area (Å²) in [6.07, 6.45) is 2.91. The number of halogens is 1. The quantitative estimate of drug-likeness (QED) is 0.149. The normalized spacial score (nSPS) is 11.9. The second-order valence-electron chi connectivity index (χ2n) is 10.9. The highest BCUT2D eigenvalue weighted by Gasteiger charge is 2.46. The van der Waals surface area contributed by atoms with E-state index in [1.54, 1.807) is 24.3 Å². The molecule has 1 aliphatic heterocycles. The number of carbonyl (C=O) groups excluding carboxylic acids is 1. The van der Waals surface area contributed by atoms with Gasteiger partial charge in [0.15, 0.2) is 11.5 Å². The molecule has 0 spiro atoms. The van der Waals surface area contributed by atoms with Gasteiger partial charge in [0.1, 0.15) is 52.8 Å². The Bertz CT molecular complexity index is 1800. The molecule has 0 fully saturated rings. The minimum Gasteiger partial charge on any atom is -1.00 e. The third-order valence-electron chi connectivity index (χ3n) is 8.00. The molecule has 230 valence electrons. The Kier molecular flexibility index (Phi) is 9.62. The van der Waals surface area contributed by atoms with Crippen LogP contribution in [-0.2, 0) is 19.0 Å². The van der Waals surface area contributed by atoms with Crippen molar-refractivity contribution in [2.75, 3.05) is 6.79 Å². The summed E-state index contributed by atoms with van der Waals surface area (Å²) in [5, 5.41) is 8.51. The first-order chi connectivity index (χ1) is 22.2. The van der Waals surface area contributed by atoms with Crippen molar-refractivity contribution >= 4 is 29.5 Å². The molecule has 0 atom stereocenters. The lowest BCUT2D eigenvalue weighted by atomic mass is 10.1. The third-order valence-corrected chi connectivity index (χ3v) is 12.3. The van der Waals surface area contributed by atoms with Gasteiger partial charge in [0.2, 0.25) is 12.5 Å². The molecule has 0 aliphatic carbocycles. The topological polar surface area (TPSA) is 70.8 Å². The zero-order valence-electron chi connectivity index (χ0n) is 24.9. The predicted molar refractivity (Wildman–Crippen MR) is 177 cm³/mol. The van der Waals surface area contributed by atoms with E-state index in [1.807, 2.05) is 12.1 Å². The van der Waals surface area contributed by atoms with E-state index < -0.39 is 7.26 Å². The molecule has 6 nitrogen and oxygen atoms in total. The zero-order valence-corrected chi connectivity index (χ0v) is 27.4. The van der Waals surface area contributed by atoms with E-state index in [1.165, 1.54) is 15.9 Å². The number of aldehydes is 1. The lowest BCUT2D eigenvalue weighted by molar-refractivity contribution is -0.0000174. The van der Waals surface area contributed by atoms with Gasteiger partial charge in [0.25, 0.3) is 0 Å². The zero-order chi connectivity index (χ0) is 30.5. The number of aromatic nitrogens is 1. The van der Waals surface area contributed by atoms with Crippen molar-refractivity contribution in [3.8, 4) is 23.0 Å². The molecule has 0 radical (unpaired) electrons. The second kappa shape index (κ2) is 14.2. The number of fused-ring (bicyclic) bond motifs is 1. The number of rotatable bonds is 11. The van der Waals surface area contributed by atoms with E-state index in [2.05, 4.69) is 102 Å². The third kappa shape index (κ3) is 6.48. The van der Waals surface area contributed by atoms with Crippen LogP contribution < -0.4 is 47.1 Å². The Hall–Kier alpha value is -4.71. The summed E-state index contributed by atoms with van der Waals surface area (Å²) in [6.45, 7) is 0.139. The van der Waals surface area contributed by atoms with Crippen LogP contribution in [0.1, 0.15) is 27.4 Å². The Labute approximate surface area is 279 Å². The molecule has 0 unspecified atom stereocenters. The van der Waals surface area contributed by atoms with Gasteiger partial charge in [-0.3, -0.25) is 4.79 Å². The summed E-state index contributed by atoms with van der Waals surface area (Å²) in [6, 6.07) is 45.4. The molecule has 0 N–H and O–H groups in total. The molecule has 0 saturated carbocycles. The van der Waals surface area contributed by atoms with Gasteiger partial charge in [-0.05, 0) is 84.8 Å². The van der Waals surface area contributed by atoms with Gasteiger partial charge >= 0.3 is 0 Å². The first-order valence-corrected chi connectivity index (χ1v) is 16.8. The minimum absolute atomic E-state index is 0. The summed E-state index contributed by atoms with van der Waals surface area (Å²) >= 11 is 0. The monoisotopic (exact) mass is 691 g/mol.